The number of benzene rings is 1. The molecule has 0 amide bonds. The van der Waals surface area contributed by atoms with Gasteiger partial charge in [0, 0.05) is 29.3 Å². The average Bonchev–Trinajstić information content (AvgIpc) is 3.29. The molecule has 28 heavy (non-hydrogen) atoms. The van der Waals surface area contributed by atoms with E-state index in [0.29, 0.717) is 22.8 Å². The highest BCUT2D eigenvalue weighted by atomic mass is 32.2. The van der Waals surface area contributed by atoms with Crippen molar-refractivity contribution in [3.8, 4) is 11.1 Å². The number of hydrogen-bond donors (Lipinski definition) is 0. The van der Waals surface area contributed by atoms with Crippen molar-refractivity contribution in [3.63, 3.8) is 0 Å². The second kappa shape index (κ2) is 7.77. The summed E-state index contributed by atoms with van der Waals surface area (Å²) >= 11 is 2.97. The maximum absolute atomic E-state index is 13.3. The number of allylic oxidation sites excluding steroid dienone is 1. The summed E-state index contributed by atoms with van der Waals surface area (Å²) in [6.45, 7) is 8.11. The van der Waals surface area contributed by atoms with Gasteiger partial charge < -0.3 is 4.52 Å². The number of aromatic nitrogens is 3. The standard InChI is InChI=1S/C21H19N3O2S2/c1-4-9-24-20(25)18-17(15-7-5-13(2)6-8-15)12-27-19(18)22-21(24)28-11-16-10-14(3)26-23-16/h4-8,10,12H,1,9,11H2,2-3H3. The third-order valence-electron chi connectivity index (χ3n) is 4.36. The Kier molecular flexibility index (Phi) is 5.19. The van der Waals surface area contributed by atoms with Crippen LogP contribution in [0.4, 0.5) is 0 Å². The molecule has 0 saturated heterocycles. The first kappa shape index (κ1) is 18.7. The van der Waals surface area contributed by atoms with E-state index in [2.05, 4.69) is 23.9 Å². The van der Waals surface area contributed by atoms with Crippen LogP contribution in [-0.4, -0.2) is 14.7 Å². The van der Waals surface area contributed by atoms with Gasteiger partial charge in [-0.15, -0.1) is 17.9 Å². The van der Waals surface area contributed by atoms with Gasteiger partial charge >= 0.3 is 0 Å². The summed E-state index contributed by atoms with van der Waals surface area (Å²) in [5.41, 5.74) is 3.93. The van der Waals surface area contributed by atoms with Crippen LogP contribution in [0.25, 0.3) is 21.3 Å². The lowest BCUT2D eigenvalue weighted by molar-refractivity contribution is 0.393. The molecule has 0 bridgehead atoms. The summed E-state index contributed by atoms with van der Waals surface area (Å²) in [6, 6.07) is 10.1. The molecule has 0 saturated carbocycles. The zero-order valence-corrected chi connectivity index (χ0v) is 17.3. The van der Waals surface area contributed by atoms with Crippen molar-refractivity contribution < 1.29 is 4.52 Å². The first-order chi connectivity index (χ1) is 13.6. The van der Waals surface area contributed by atoms with Crippen molar-refractivity contribution >= 4 is 33.3 Å². The van der Waals surface area contributed by atoms with Crippen LogP contribution in [0.15, 0.2) is 62.8 Å². The Hall–Kier alpha value is -2.64. The molecule has 3 aromatic heterocycles. The monoisotopic (exact) mass is 409 g/mol. The lowest BCUT2D eigenvalue weighted by atomic mass is 10.1. The Balaban J connectivity index is 1.79. The highest BCUT2D eigenvalue weighted by molar-refractivity contribution is 7.98. The SMILES string of the molecule is C=CCn1c(SCc2cc(C)on2)nc2scc(-c3ccc(C)cc3)c2c1=O. The summed E-state index contributed by atoms with van der Waals surface area (Å²) in [4.78, 5) is 18.8. The first-order valence-corrected chi connectivity index (χ1v) is 10.7. The van der Waals surface area contributed by atoms with Crippen LogP contribution in [0.1, 0.15) is 17.0 Å². The molecular formula is C21H19N3O2S2. The maximum Gasteiger partial charge on any atom is 0.263 e. The fourth-order valence-corrected chi connectivity index (χ4v) is 4.85. The van der Waals surface area contributed by atoms with E-state index in [1.165, 1.54) is 28.7 Å². The molecule has 7 heteroatoms. The fraction of sp³-hybridized carbons (Fsp3) is 0.190. The second-order valence-corrected chi connectivity index (χ2v) is 8.31. The molecule has 0 unspecified atom stereocenters. The first-order valence-electron chi connectivity index (χ1n) is 8.82. The molecule has 0 radical (unpaired) electrons. The molecule has 0 aliphatic carbocycles. The molecule has 1 aromatic carbocycles. The quantitative estimate of drug-likeness (QED) is 0.249. The lowest BCUT2D eigenvalue weighted by Crippen LogP contribution is -2.22. The molecule has 0 fully saturated rings. The van der Waals surface area contributed by atoms with Crippen molar-refractivity contribution in [2.75, 3.05) is 0 Å². The van der Waals surface area contributed by atoms with E-state index in [9.17, 15) is 4.79 Å². The molecule has 0 spiro atoms. The third kappa shape index (κ3) is 3.55. The minimum Gasteiger partial charge on any atom is -0.361 e. The predicted molar refractivity (Wildman–Crippen MR) is 115 cm³/mol. The smallest absolute Gasteiger partial charge is 0.263 e. The van der Waals surface area contributed by atoms with Crippen LogP contribution < -0.4 is 5.56 Å². The van der Waals surface area contributed by atoms with Crippen LogP contribution in [-0.2, 0) is 12.3 Å². The number of aryl methyl sites for hydroxylation is 2. The Morgan fingerprint density at radius 1 is 1.29 bits per heavy atom. The van der Waals surface area contributed by atoms with Crippen molar-refractivity contribution in [2.45, 2.75) is 31.3 Å². The van der Waals surface area contributed by atoms with Crippen molar-refractivity contribution in [2.24, 2.45) is 0 Å². The van der Waals surface area contributed by atoms with Crippen molar-refractivity contribution in [1.29, 1.82) is 0 Å². The number of thioether (sulfide) groups is 1. The molecule has 4 rings (SSSR count). The van der Waals surface area contributed by atoms with Crippen molar-refractivity contribution in [1.82, 2.24) is 14.7 Å². The summed E-state index contributed by atoms with van der Waals surface area (Å²) in [7, 11) is 0. The van der Waals surface area contributed by atoms with E-state index >= 15 is 0 Å². The minimum absolute atomic E-state index is 0.0411. The summed E-state index contributed by atoms with van der Waals surface area (Å²) in [5.74, 6) is 1.35. The molecule has 4 aromatic rings. The van der Waals surface area contributed by atoms with Crippen LogP contribution in [0.2, 0.25) is 0 Å². The Labute approximate surface area is 170 Å². The molecule has 0 N–H and O–H groups in total. The van der Waals surface area contributed by atoms with E-state index in [0.717, 1.165) is 27.4 Å². The van der Waals surface area contributed by atoms with E-state index in [1.807, 2.05) is 37.4 Å². The predicted octanol–water partition coefficient (Wildman–Crippen LogP) is 5.21. The van der Waals surface area contributed by atoms with Crippen LogP contribution in [0.5, 0.6) is 0 Å². The molecule has 3 heterocycles. The van der Waals surface area contributed by atoms with Gasteiger partial charge in [0.15, 0.2) is 5.16 Å². The van der Waals surface area contributed by atoms with Gasteiger partial charge in [-0.3, -0.25) is 9.36 Å². The fourth-order valence-electron chi connectivity index (χ4n) is 2.98. The number of thiophene rings is 1. The van der Waals surface area contributed by atoms with Gasteiger partial charge in [-0.2, -0.15) is 0 Å². The van der Waals surface area contributed by atoms with Crippen LogP contribution in [0.3, 0.4) is 0 Å². The maximum atomic E-state index is 13.3. The van der Waals surface area contributed by atoms with E-state index in [4.69, 9.17) is 9.51 Å². The molecule has 142 valence electrons. The normalized spacial score (nSPS) is 11.2. The average molecular weight is 410 g/mol. The summed E-state index contributed by atoms with van der Waals surface area (Å²) < 4.78 is 6.80. The molecule has 0 atom stereocenters. The zero-order chi connectivity index (χ0) is 19.7. The number of fused-ring (bicyclic) bond motifs is 1. The van der Waals surface area contributed by atoms with Crippen molar-refractivity contribution in [3.05, 3.63) is 75.7 Å². The van der Waals surface area contributed by atoms with Gasteiger partial charge in [0.2, 0.25) is 0 Å². The van der Waals surface area contributed by atoms with Gasteiger partial charge in [-0.05, 0) is 19.4 Å². The molecule has 0 aliphatic heterocycles. The largest absolute Gasteiger partial charge is 0.361 e. The Morgan fingerprint density at radius 2 is 2.07 bits per heavy atom. The summed E-state index contributed by atoms with van der Waals surface area (Å²) in [6.07, 6.45) is 1.72. The van der Waals surface area contributed by atoms with Crippen LogP contribution >= 0.6 is 23.1 Å². The Bertz CT molecular complexity index is 1200. The summed E-state index contributed by atoms with van der Waals surface area (Å²) in [5, 5.41) is 7.35. The lowest BCUT2D eigenvalue weighted by Gasteiger charge is -2.10. The van der Waals surface area contributed by atoms with Gasteiger partial charge in [0.25, 0.3) is 5.56 Å². The Morgan fingerprint density at radius 3 is 2.75 bits per heavy atom. The zero-order valence-electron chi connectivity index (χ0n) is 15.6. The topological polar surface area (TPSA) is 60.9 Å². The van der Waals surface area contributed by atoms with Crippen LogP contribution in [0, 0.1) is 13.8 Å². The van der Waals surface area contributed by atoms with Gasteiger partial charge in [0.1, 0.15) is 10.6 Å². The minimum atomic E-state index is -0.0411. The third-order valence-corrected chi connectivity index (χ3v) is 6.24. The number of hydrogen-bond acceptors (Lipinski definition) is 6. The second-order valence-electron chi connectivity index (χ2n) is 6.51. The molecule has 0 aliphatic rings. The molecule has 5 nitrogen and oxygen atoms in total. The highest BCUT2D eigenvalue weighted by Crippen LogP contribution is 2.32. The van der Waals surface area contributed by atoms with Gasteiger partial charge in [-0.25, -0.2) is 4.98 Å². The number of rotatable bonds is 6. The number of nitrogens with zero attached hydrogens (tertiary/aromatic N) is 3. The highest BCUT2D eigenvalue weighted by Gasteiger charge is 2.17. The van der Waals surface area contributed by atoms with Gasteiger partial charge in [-0.1, -0.05) is 52.8 Å². The van der Waals surface area contributed by atoms with E-state index in [-0.39, 0.29) is 5.56 Å². The van der Waals surface area contributed by atoms with E-state index < -0.39 is 0 Å². The van der Waals surface area contributed by atoms with Gasteiger partial charge in [0.05, 0.1) is 11.1 Å². The van der Waals surface area contributed by atoms with E-state index in [1.54, 1.807) is 10.6 Å². The molecular weight excluding hydrogens is 390 g/mol.